The molecule has 3 aromatic rings. The van der Waals surface area contributed by atoms with Crippen LogP contribution in [0.4, 0.5) is 0 Å². The summed E-state index contributed by atoms with van der Waals surface area (Å²) in [4.78, 5) is 19.9. The number of morpholine rings is 1. The second-order valence-corrected chi connectivity index (χ2v) is 7.49. The Morgan fingerprint density at radius 2 is 1.86 bits per heavy atom. The molecule has 0 amide bonds. The van der Waals surface area contributed by atoms with E-state index >= 15 is 0 Å². The van der Waals surface area contributed by atoms with E-state index in [-0.39, 0.29) is 5.78 Å². The van der Waals surface area contributed by atoms with Crippen molar-refractivity contribution >= 4 is 17.1 Å². The minimum atomic E-state index is -0.0915. The maximum Gasteiger partial charge on any atom is 0.230 e. The van der Waals surface area contributed by atoms with Crippen molar-refractivity contribution in [3.05, 3.63) is 70.5 Å². The van der Waals surface area contributed by atoms with Crippen LogP contribution < -0.4 is 9.47 Å². The van der Waals surface area contributed by atoms with E-state index in [1.807, 2.05) is 35.7 Å². The summed E-state index contributed by atoms with van der Waals surface area (Å²) in [5.74, 6) is 1.59. The van der Waals surface area contributed by atoms with Crippen LogP contribution in [0, 0.1) is 0 Å². The first-order chi connectivity index (χ1) is 14.3. The molecule has 0 aliphatic carbocycles. The fourth-order valence-electron chi connectivity index (χ4n) is 3.02. The van der Waals surface area contributed by atoms with Gasteiger partial charge in [-0.1, -0.05) is 6.07 Å². The number of pyridine rings is 1. The molecule has 0 N–H and O–H groups in total. The number of nitrogens with zero attached hydrogens (tertiary/aromatic N) is 2. The van der Waals surface area contributed by atoms with Crippen molar-refractivity contribution in [3.8, 4) is 17.4 Å². The first kappa shape index (κ1) is 19.6. The van der Waals surface area contributed by atoms with Gasteiger partial charge in [0.1, 0.15) is 18.1 Å². The van der Waals surface area contributed by atoms with Crippen molar-refractivity contribution in [2.75, 3.05) is 39.5 Å². The Hall–Kier alpha value is -2.74. The van der Waals surface area contributed by atoms with Crippen LogP contribution >= 0.6 is 11.3 Å². The molecule has 1 aliphatic rings. The average Bonchev–Trinajstić information content (AvgIpc) is 3.31. The van der Waals surface area contributed by atoms with E-state index in [9.17, 15) is 4.79 Å². The van der Waals surface area contributed by atoms with Gasteiger partial charge in [0.25, 0.3) is 0 Å². The molecule has 4 rings (SSSR count). The summed E-state index contributed by atoms with van der Waals surface area (Å²) >= 11 is 1.40. The van der Waals surface area contributed by atoms with Crippen LogP contribution in [0.5, 0.6) is 17.4 Å². The zero-order chi connectivity index (χ0) is 19.9. The summed E-state index contributed by atoms with van der Waals surface area (Å²) in [7, 11) is 0. The number of thiophene rings is 1. The van der Waals surface area contributed by atoms with Gasteiger partial charge in [0.15, 0.2) is 0 Å². The lowest BCUT2D eigenvalue weighted by atomic mass is 10.1. The van der Waals surface area contributed by atoms with Crippen LogP contribution in [0.2, 0.25) is 0 Å². The number of hydrogen-bond donors (Lipinski definition) is 0. The molecular weight excluding hydrogens is 388 g/mol. The lowest BCUT2D eigenvalue weighted by Gasteiger charge is -2.26. The summed E-state index contributed by atoms with van der Waals surface area (Å²) in [6.45, 7) is 4.98. The molecular formula is C22H22N2O4S. The number of benzene rings is 1. The minimum Gasteiger partial charge on any atom is -0.492 e. The predicted molar refractivity (Wildman–Crippen MR) is 111 cm³/mol. The lowest BCUT2D eigenvalue weighted by molar-refractivity contribution is 0.0322. The number of aromatic nitrogens is 1. The molecule has 0 spiro atoms. The maximum absolute atomic E-state index is 12.7. The van der Waals surface area contributed by atoms with Crippen LogP contribution in [0.25, 0.3) is 0 Å². The summed E-state index contributed by atoms with van der Waals surface area (Å²) in [6, 6.07) is 14.5. The molecule has 3 heterocycles. The third kappa shape index (κ3) is 5.20. The Morgan fingerprint density at radius 3 is 2.62 bits per heavy atom. The Bertz CT molecular complexity index is 922. The van der Waals surface area contributed by atoms with E-state index < -0.39 is 0 Å². The second-order valence-electron chi connectivity index (χ2n) is 6.54. The predicted octanol–water partition coefficient (Wildman–Crippen LogP) is 3.88. The zero-order valence-corrected chi connectivity index (χ0v) is 16.8. The van der Waals surface area contributed by atoms with Crippen LogP contribution in [0.15, 0.2) is 60.1 Å². The smallest absolute Gasteiger partial charge is 0.230 e. The topological polar surface area (TPSA) is 60.9 Å². The van der Waals surface area contributed by atoms with Gasteiger partial charge >= 0.3 is 0 Å². The van der Waals surface area contributed by atoms with Crippen molar-refractivity contribution in [3.63, 3.8) is 0 Å². The fourth-order valence-corrected chi connectivity index (χ4v) is 3.70. The van der Waals surface area contributed by atoms with Crippen LogP contribution in [-0.4, -0.2) is 55.1 Å². The third-order valence-corrected chi connectivity index (χ3v) is 5.45. The van der Waals surface area contributed by atoms with E-state index in [2.05, 4.69) is 9.88 Å². The zero-order valence-electron chi connectivity index (χ0n) is 16.0. The summed E-state index contributed by atoms with van der Waals surface area (Å²) < 4.78 is 17.0. The van der Waals surface area contributed by atoms with Gasteiger partial charge in [-0.25, -0.2) is 4.98 Å². The molecule has 7 heteroatoms. The second kappa shape index (κ2) is 9.65. The number of carbonyl (C=O) groups is 1. The minimum absolute atomic E-state index is 0.0915. The molecule has 1 aliphatic heterocycles. The highest BCUT2D eigenvalue weighted by Gasteiger charge is 2.17. The molecule has 0 saturated carbocycles. The van der Waals surface area contributed by atoms with Gasteiger partial charge in [-0.05, 0) is 47.8 Å². The number of hydrogen-bond acceptors (Lipinski definition) is 7. The van der Waals surface area contributed by atoms with Gasteiger partial charge < -0.3 is 14.2 Å². The Morgan fingerprint density at radius 1 is 1.07 bits per heavy atom. The van der Waals surface area contributed by atoms with E-state index in [0.717, 1.165) is 38.6 Å². The lowest BCUT2D eigenvalue weighted by Crippen LogP contribution is -2.38. The molecule has 2 aromatic heterocycles. The molecule has 1 aromatic carbocycles. The highest BCUT2D eigenvalue weighted by atomic mass is 32.1. The molecule has 1 saturated heterocycles. The molecule has 0 unspecified atom stereocenters. The van der Waals surface area contributed by atoms with Crippen molar-refractivity contribution in [2.24, 2.45) is 0 Å². The normalized spacial score (nSPS) is 14.5. The SMILES string of the molecule is O=C(c1cccs1)c1cccnc1Oc1ccc(OCCN2CCOCC2)cc1. The Labute approximate surface area is 173 Å². The van der Waals surface area contributed by atoms with E-state index in [4.69, 9.17) is 14.2 Å². The number of ketones is 1. The monoisotopic (exact) mass is 410 g/mol. The summed E-state index contributed by atoms with van der Waals surface area (Å²) in [6.07, 6.45) is 1.61. The van der Waals surface area contributed by atoms with Gasteiger partial charge in [-0.2, -0.15) is 0 Å². The largest absolute Gasteiger partial charge is 0.492 e. The number of rotatable bonds is 8. The van der Waals surface area contributed by atoms with Crippen molar-refractivity contribution in [1.82, 2.24) is 9.88 Å². The Kier molecular flexibility index (Phi) is 6.51. The van der Waals surface area contributed by atoms with Crippen molar-refractivity contribution in [1.29, 1.82) is 0 Å². The third-order valence-electron chi connectivity index (χ3n) is 4.58. The molecule has 150 valence electrons. The van der Waals surface area contributed by atoms with Gasteiger partial charge in [0.2, 0.25) is 11.7 Å². The van der Waals surface area contributed by atoms with Crippen molar-refractivity contribution in [2.45, 2.75) is 0 Å². The summed E-state index contributed by atoms with van der Waals surface area (Å²) in [5.41, 5.74) is 0.445. The first-order valence-electron chi connectivity index (χ1n) is 9.53. The highest BCUT2D eigenvalue weighted by Crippen LogP contribution is 2.27. The van der Waals surface area contributed by atoms with Gasteiger partial charge in [0.05, 0.1) is 23.7 Å². The van der Waals surface area contributed by atoms with Crippen LogP contribution in [0.1, 0.15) is 15.2 Å². The van der Waals surface area contributed by atoms with E-state index in [1.54, 1.807) is 24.4 Å². The Balaban J connectivity index is 1.36. The maximum atomic E-state index is 12.7. The fraction of sp³-hybridized carbons (Fsp3) is 0.273. The van der Waals surface area contributed by atoms with Gasteiger partial charge in [-0.15, -0.1) is 11.3 Å². The van der Waals surface area contributed by atoms with E-state index in [0.29, 0.717) is 28.7 Å². The molecule has 0 atom stereocenters. The standard InChI is InChI=1S/C22H22N2O4S/c25-21(20-4-2-16-29-20)19-3-1-9-23-22(19)28-18-7-5-17(6-8-18)27-15-12-24-10-13-26-14-11-24/h1-9,16H,10-15H2. The van der Waals surface area contributed by atoms with Gasteiger partial charge in [0, 0.05) is 25.8 Å². The van der Waals surface area contributed by atoms with Crippen molar-refractivity contribution < 1.29 is 19.0 Å². The molecule has 0 bridgehead atoms. The molecule has 6 nitrogen and oxygen atoms in total. The first-order valence-corrected chi connectivity index (χ1v) is 10.4. The van der Waals surface area contributed by atoms with Crippen LogP contribution in [0.3, 0.4) is 0 Å². The number of ether oxygens (including phenoxy) is 3. The average molecular weight is 410 g/mol. The van der Waals surface area contributed by atoms with Gasteiger partial charge in [-0.3, -0.25) is 9.69 Å². The summed E-state index contributed by atoms with van der Waals surface area (Å²) in [5, 5.41) is 1.88. The highest BCUT2D eigenvalue weighted by molar-refractivity contribution is 7.12. The molecule has 29 heavy (non-hydrogen) atoms. The van der Waals surface area contributed by atoms with Crippen LogP contribution in [-0.2, 0) is 4.74 Å². The number of carbonyl (C=O) groups excluding carboxylic acids is 1. The van der Waals surface area contributed by atoms with E-state index in [1.165, 1.54) is 11.3 Å². The quantitative estimate of drug-likeness (QED) is 0.525. The molecule has 0 radical (unpaired) electrons. The molecule has 1 fully saturated rings.